The number of carbonyl (C=O) groups excluding carboxylic acids is 1. The first-order chi connectivity index (χ1) is 16.7. The van der Waals surface area contributed by atoms with E-state index in [1.165, 1.54) is 12.1 Å². The number of halogens is 1. The Kier molecular flexibility index (Phi) is 8.03. The highest BCUT2D eigenvalue weighted by molar-refractivity contribution is 5.82. The second-order valence-corrected chi connectivity index (χ2v) is 9.55. The van der Waals surface area contributed by atoms with Crippen LogP contribution in [0.4, 0.5) is 4.39 Å². The van der Waals surface area contributed by atoms with Crippen molar-refractivity contribution in [2.75, 3.05) is 7.11 Å². The van der Waals surface area contributed by atoms with Gasteiger partial charge >= 0.3 is 0 Å². The number of benzene rings is 3. The second-order valence-electron chi connectivity index (χ2n) is 9.55. The minimum atomic E-state index is -0.534. The topological polar surface area (TPSA) is 65.4 Å². The first-order valence-corrected chi connectivity index (χ1v) is 11.5. The minimum Gasteiger partial charge on any atom is -0.496 e. The number of hydrogen-bond donors (Lipinski definition) is 1. The fraction of sp³-hybridized carbons (Fsp3) is 0.310. The molecular weight excluding hydrogens is 457 g/mol. The summed E-state index contributed by atoms with van der Waals surface area (Å²) in [5, 5.41) is 8.43. The molecule has 36 heavy (non-hydrogen) atoms. The van der Waals surface area contributed by atoms with Crippen LogP contribution in [-0.4, -0.2) is 28.8 Å². The Labute approximate surface area is 212 Å². The molecule has 0 saturated carbocycles. The van der Waals surface area contributed by atoms with Gasteiger partial charge in [0.25, 0.3) is 0 Å². The molecule has 0 aliphatic rings. The molecule has 1 aromatic heterocycles. The largest absolute Gasteiger partial charge is 0.496 e. The van der Waals surface area contributed by atoms with Crippen molar-refractivity contribution in [3.05, 3.63) is 84.3 Å². The Morgan fingerprint density at radius 2 is 1.75 bits per heavy atom. The molecule has 4 rings (SSSR count). The SMILES string of the molecule is C.COc1ccccc1[C@@H](Oc1ccc2c(cnn2-c2ccc(F)cc2)c1)[C@@H](C)NC(=O)C(C)(C)C. The van der Waals surface area contributed by atoms with Crippen molar-refractivity contribution in [2.45, 2.75) is 47.3 Å². The molecule has 0 aliphatic carbocycles. The number of nitrogens with zero attached hydrogens (tertiary/aromatic N) is 2. The molecule has 1 heterocycles. The Hall–Kier alpha value is -3.87. The van der Waals surface area contributed by atoms with Gasteiger partial charge in [-0.15, -0.1) is 0 Å². The number of nitrogens with one attached hydrogen (secondary N) is 1. The van der Waals surface area contributed by atoms with Crippen molar-refractivity contribution in [1.82, 2.24) is 15.1 Å². The summed E-state index contributed by atoms with van der Waals surface area (Å²) in [6.45, 7) is 7.55. The van der Waals surface area contributed by atoms with Crippen LogP contribution >= 0.6 is 0 Å². The zero-order chi connectivity index (χ0) is 25.2. The zero-order valence-corrected chi connectivity index (χ0v) is 20.6. The standard InChI is InChI=1S/C28H30FN3O3.CH4/c1-18(31-27(33)28(2,3)4)26(23-8-6-7-9-25(23)34-5)35-22-14-15-24-19(16-22)17-30-32(24)21-12-10-20(29)11-13-21;/h6-18,26H,1-5H3,(H,31,33);1H4/t18-,26+;/m1./s1. The van der Waals surface area contributed by atoms with E-state index in [4.69, 9.17) is 9.47 Å². The third-order valence-corrected chi connectivity index (χ3v) is 5.81. The maximum Gasteiger partial charge on any atom is 0.225 e. The first kappa shape index (κ1) is 26.7. The zero-order valence-electron chi connectivity index (χ0n) is 20.6. The van der Waals surface area contributed by atoms with E-state index in [1.807, 2.05) is 70.2 Å². The van der Waals surface area contributed by atoms with E-state index in [0.717, 1.165) is 22.2 Å². The Morgan fingerprint density at radius 3 is 2.42 bits per heavy atom. The molecule has 0 unspecified atom stereocenters. The van der Waals surface area contributed by atoms with E-state index in [9.17, 15) is 9.18 Å². The average molecular weight is 492 g/mol. The highest BCUT2D eigenvalue weighted by atomic mass is 19.1. The third-order valence-electron chi connectivity index (χ3n) is 5.81. The summed E-state index contributed by atoms with van der Waals surface area (Å²) < 4.78 is 27.2. The molecular formula is C29H34FN3O3. The van der Waals surface area contributed by atoms with Gasteiger partial charge in [0.05, 0.1) is 30.6 Å². The quantitative estimate of drug-likeness (QED) is 0.321. The fourth-order valence-corrected chi connectivity index (χ4v) is 3.85. The third kappa shape index (κ3) is 5.67. The van der Waals surface area contributed by atoms with Crippen molar-refractivity contribution in [2.24, 2.45) is 5.41 Å². The van der Waals surface area contributed by atoms with Crippen LogP contribution in [0, 0.1) is 11.2 Å². The summed E-state index contributed by atoms with van der Waals surface area (Å²) in [4.78, 5) is 12.7. The number of para-hydroxylation sites is 1. The summed E-state index contributed by atoms with van der Waals surface area (Å²) >= 11 is 0. The monoisotopic (exact) mass is 491 g/mol. The van der Waals surface area contributed by atoms with E-state index in [2.05, 4.69) is 10.4 Å². The molecule has 3 aromatic carbocycles. The van der Waals surface area contributed by atoms with Crippen molar-refractivity contribution in [3.8, 4) is 17.2 Å². The van der Waals surface area contributed by atoms with Gasteiger partial charge in [0.2, 0.25) is 5.91 Å². The molecule has 7 heteroatoms. The molecule has 1 N–H and O–H groups in total. The van der Waals surface area contributed by atoms with Gasteiger partial charge in [0.1, 0.15) is 23.4 Å². The smallest absolute Gasteiger partial charge is 0.225 e. The van der Waals surface area contributed by atoms with Crippen molar-refractivity contribution in [3.63, 3.8) is 0 Å². The van der Waals surface area contributed by atoms with Crippen LogP contribution in [0.5, 0.6) is 11.5 Å². The van der Waals surface area contributed by atoms with Crippen LogP contribution in [0.2, 0.25) is 0 Å². The van der Waals surface area contributed by atoms with Crippen molar-refractivity contribution >= 4 is 16.8 Å². The number of hydrogen-bond acceptors (Lipinski definition) is 4. The van der Waals surface area contributed by atoms with Gasteiger partial charge in [-0.05, 0) is 55.5 Å². The van der Waals surface area contributed by atoms with Crippen molar-refractivity contribution < 1.29 is 18.7 Å². The molecule has 2 atom stereocenters. The van der Waals surface area contributed by atoms with E-state index in [0.29, 0.717) is 11.5 Å². The average Bonchev–Trinajstić information content (AvgIpc) is 3.25. The molecule has 4 aromatic rings. The number of carbonyl (C=O) groups is 1. The molecule has 190 valence electrons. The molecule has 0 fully saturated rings. The Morgan fingerprint density at radius 1 is 1.06 bits per heavy atom. The minimum absolute atomic E-state index is 0. The number of fused-ring (bicyclic) bond motifs is 1. The lowest BCUT2D eigenvalue weighted by Gasteiger charge is -2.30. The summed E-state index contributed by atoms with van der Waals surface area (Å²) in [6, 6.07) is 19.2. The first-order valence-electron chi connectivity index (χ1n) is 11.5. The van der Waals surface area contributed by atoms with Gasteiger partial charge in [-0.3, -0.25) is 4.79 Å². The lowest BCUT2D eigenvalue weighted by Crippen LogP contribution is -2.44. The normalized spacial score (nSPS) is 12.9. The molecule has 1 amide bonds. The summed E-state index contributed by atoms with van der Waals surface area (Å²) in [6.07, 6.45) is 1.25. The lowest BCUT2D eigenvalue weighted by atomic mass is 9.94. The maximum absolute atomic E-state index is 13.3. The molecule has 0 bridgehead atoms. The van der Waals surface area contributed by atoms with Crippen LogP contribution in [0.25, 0.3) is 16.6 Å². The Bertz CT molecular complexity index is 1330. The number of rotatable bonds is 7. The Balaban J connectivity index is 0.00000361. The molecule has 0 aliphatic heterocycles. The van der Waals surface area contributed by atoms with Gasteiger partial charge in [-0.2, -0.15) is 5.10 Å². The number of methoxy groups -OCH3 is 1. The predicted octanol–water partition coefficient (Wildman–Crippen LogP) is 6.48. The van der Waals surface area contributed by atoms with Crippen LogP contribution in [-0.2, 0) is 4.79 Å². The van der Waals surface area contributed by atoms with Gasteiger partial charge in [0, 0.05) is 16.4 Å². The van der Waals surface area contributed by atoms with Gasteiger partial charge in [-0.25, -0.2) is 9.07 Å². The lowest BCUT2D eigenvalue weighted by molar-refractivity contribution is -0.129. The van der Waals surface area contributed by atoms with E-state index in [-0.39, 0.29) is 25.2 Å². The number of amides is 1. The molecule has 0 radical (unpaired) electrons. The fourth-order valence-electron chi connectivity index (χ4n) is 3.85. The second kappa shape index (κ2) is 10.8. The van der Waals surface area contributed by atoms with Gasteiger partial charge in [0.15, 0.2) is 0 Å². The van der Waals surface area contributed by atoms with Gasteiger partial charge in [-0.1, -0.05) is 46.4 Å². The summed E-state index contributed by atoms with van der Waals surface area (Å²) in [5.41, 5.74) is 1.93. The maximum atomic E-state index is 13.3. The molecule has 0 saturated heterocycles. The van der Waals surface area contributed by atoms with Gasteiger partial charge < -0.3 is 14.8 Å². The van der Waals surface area contributed by atoms with Crippen molar-refractivity contribution in [1.29, 1.82) is 0 Å². The highest BCUT2D eigenvalue weighted by Gasteiger charge is 2.30. The summed E-state index contributed by atoms with van der Waals surface area (Å²) in [5.74, 6) is 0.948. The van der Waals surface area contributed by atoms with Crippen LogP contribution < -0.4 is 14.8 Å². The molecule has 0 spiro atoms. The van der Waals surface area contributed by atoms with Crippen LogP contribution in [0.1, 0.15) is 46.8 Å². The number of aromatic nitrogens is 2. The van der Waals surface area contributed by atoms with E-state index < -0.39 is 11.5 Å². The number of ether oxygens (including phenoxy) is 2. The van der Waals surface area contributed by atoms with Crippen LogP contribution in [0.3, 0.4) is 0 Å². The predicted molar refractivity (Wildman–Crippen MR) is 141 cm³/mol. The van der Waals surface area contributed by atoms with E-state index in [1.54, 1.807) is 30.1 Å². The molecule has 6 nitrogen and oxygen atoms in total. The summed E-state index contributed by atoms with van der Waals surface area (Å²) in [7, 11) is 1.62. The van der Waals surface area contributed by atoms with E-state index >= 15 is 0 Å². The van der Waals surface area contributed by atoms with Crippen LogP contribution in [0.15, 0.2) is 72.9 Å². The highest BCUT2D eigenvalue weighted by Crippen LogP contribution is 2.33.